The summed E-state index contributed by atoms with van der Waals surface area (Å²) >= 11 is 0. The van der Waals surface area contributed by atoms with E-state index >= 15 is 0 Å². The van der Waals surface area contributed by atoms with Crippen molar-refractivity contribution in [3.8, 4) is 5.75 Å². The zero-order valence-electron chi connectivity index (χ0n) is 14.9. The maximum absolute atomic E-state index is 5.42. The van der Waals surface area contributed by atoms with Gasteiger partial charge in [0.2, 0.25) is 0 Å². The summed E-state index contributed by atoms with van der Waals surface area (Å²) in [6.45, 7) is 7.01. The largest absolute Gasteiger partial charge is 0.495 e. The molecule has 0 bridgehead atoms. The Morgan fingerprint density at radius 3 is 2.10 bits per heavy atom. The summed E-state index contributed by atoms with van der Waals surface area (Å²) in [5.41, 5.74) is 1.72. The van der Waals surface area contributed by atoms with E-state index in [0.29, 0.717) is 0 Å². The molecular weight excluding hydrogens is 258 g/mol. The molecule has 0 fully saturated rings. The Morgan fingerprint density at radius 2 is 1.57 bits per heavy atom. The van der Waals surface area contributed by atoms with Crippen molar-refractivity contribution in [3.63, 3.8) is 0 Å². The van der Waals surface area contributed by atoms with Crippen LogP contribution in [0.1, 0.15) is 84.3 Å². The predicted octanol–water partition coefficient (Wildman–Crippen LogP) is 5.84. The highest BCUT2D eigenvalue weighted by Crippen LogP contribution is 2.37. The van der Waals surface area contributed by atoms with Crippen molar-refractivity contribution in [1.82, 2.24) is 4.57 Å². The second-order valence-electron chi connectivity index (χ2n) is 6.70. The fourth-order valence-electron chi connectivity index (χ4n) is 3.33. The molecule has 0 N–H and O–H groups in total. The van der Waals surface area contributed by atoms with Crippen LogP contribution in [0.15, 0.2) is 12.3 Å². The summed E-state index contributed by atoms with van der Waals surface area (Å²) in [7, 11) is 3.91. The van der Waals surface area contributed by atoms with Crippen LogP contribution in [0.3, 0.4) is 0 Å². The highest BCUT2D eigenvalue weighted by Gasteiger charge is 2.28. The first-order valence-electron chi connectivity index (χ1n) is 8.78. The van der Waals surface area contributed by atoms with Gasteiger partial charge in [-0.25, -0.2) is 0 Å². The highest BCUT2D eigenvalue weighted by atomic mass is 16.5. The first-order valence-corrected chi connectivity index (χ1v) is 8.78. The first-order chi connectivity index (χ1) is 10.1. The van der Waals surface area contributed by atoms with Crippen molar-refractivity contribution >= 4 is 0 Å². The Hall–Kier alpha value is -0.920. The molecule has 0 saturated carbocycles. The number of unbranched alkanes of at least 4 members (excludes halogenated alkanes) is 5. The van der Waals surface area contributed by atoms with E-state index < -0.39 is 0 Å². The van der Waals surface area contributed by atoms with Gasteiger partial charge in [0.25, 0.3) is 0 Å². The Labute approximate surface area is 131 Å². The maximum atomic E-state index is 5.42. The molecular formula is C19H35NO. The lowest BCUT2D eigenvalue weighted by atomic mass is 9.77. The molecule has 122 valence electrons. The van der Waals surface area contributed by atoms with Gasteiger partial charge in [0.05, 0.1) is 7.11 Å². The number of hydrogen-bond acceptors (Lipinski definition) is 1. The third-order valence-electron chi connectivity index (χ3n) is 4.75. The molecule has 21 heavy (non-hydrogen) atoms. The van der Waals surface area contributed by atoms with Gasteiger partial charge < -0.3 is 9.30 Å². The third-order valence-corrected chi connectivity index (χ3v) is 4.75. The van der Waals surface area contributed by atoms with Crippen LogP contribution in [0.5, 0.6) is 5.75 Å². The van der Waals surface area contributed by atoms with E-state index in [1.807, 2.05) is 0 Å². The quantitative estimate of drug-likeness (QED) is 0.467. The van der Waals surface area contributed by atoms with Crippen LogP contribution >= 0.6 is 0 Å². The Bertz CT molecular complexity index is 396. The Morgan fingerprint density at radius 1 is 1.00 bits per heavy atom. The SMILES string of the molecule is CCCCCCC(C)(CCCCC)c1cc(OC)cn1C. The molecule has 0 saturated heterocycles. The minimum atomic E-state index is 0.286. The summed E-state index contributed by atoms with van der Waals surface area (Å²) in [4.78, 5) is 0. The highest BCUT2D eigenvalue weighted by molar-refractivity contribution is 5.30. The van der Waals surface area contributed by atoms with Crippen molar-refractivity contribution < 1.29 is 4.74 Å². The van der Waals surface area contributed by atoms with Crippen LogP contribution in [0, 0.1) is 0 Å². The molecule has 0 spiro atoms. The van der Waals surface area contributed by atoms with Crippen LogP contribution in [-0.2, 0) is 12.5 Å². The molecule has 2 heteroatoms. The average Bonchev–Trinajstić information content (AvgIpc) is 2.86. The molecule has 1 heterocycles. The van der Waals surface area contributed by atoms with Crippen molar-refractivity contribution in [2.75, 3.05) is 7.11 Å². The summed E-state index contributed by atoms with van der Waals surface area (Å²) in [6, 6.07) is 2.24. The Kier molecular flexibility index (Phi) is 7.92. The number of ether oxygens (including phenoxy) is 1. The van der Waals surface area contributed by atoms with Crippen molar-refractivity contribution in [1.29, 1.82) is 0 Å². The van der Waals surface area contributed by atoms with Crippen molar-refractivity contribution in [2.24, 2.45) is 7.05 Å². The minimum Gasteiger partial charge on any atom is -0.495 e. The molecule has 1 atom stereocenters. The normalized spacial score (nSPS) is 14.1. The van der Waals surface area contributed by atoms with Gasteiger partial charge in [0, 0.05) is 30.4 Å². The van der Waals surface area contributed by atoms with Gasteiger partial charge in [-0.2, -0.15) is 0 Å². The third kappa shape index (κ3) is 5.41. The second kappa shape index (κ2) is 9.17. The molecule has 0 aliphatic rings. The molecule has 1 unspecified atom stereocenters. The number of methoxy groups -OCH3 is 1. The average molecular weight is 293 g/mol. The van der Waals surface area contributed by atoms with E-state index in [1.165, 1.54) is 63.5 Å². The van der Waals surface area contributed by atoms with E-state index in [-0.39, 0.29) is 5.41 Å². The van der Waals surface area contributed by atoms with Crippen LogP contribution in [0.4, 0.5) is 0 Å². The Balaban J connectivity index is 2.80. The number of aryl methyl sites for hydroxylation is 1. The lowest BCUT2D eigenvalue weighted by Crippen LogP contribution is -2.25. The maximum Gasteiger partial charge on any atom is 0.136 e. The van der Waals surface area contributed by atoms with Gasteiger partial charge in [0.1, 0.15) is 5.75 Å². The van der Waals surface area contributed by atoms with Gasteiger partial charge >= 0.3 is 0 Å². The van der Waals surface area contributed by atoms with Gasteiger partial charge in [-0.05, 0) is 12.8 Å². The van der Waals surface area contributed by atoms with Gasteiger partial charge in [0.15, 0.2) is 0 Å². The number of nitrogens with zero attached hydrogens (tertiary/aromatic N) is 1. The van der Waals surface area contributed by atoms with Crippen molar-refractivity contribution in [2.45, 2.75) is 84.0 Å². The van der Waals surface area contributed by atoms with Crippen LogP contribution in [0.25, 0.3) is 0 Å². The molecule has 0 aliphatic carbocycles. The number of aromatic nitrogens is 1. The van der Waals surface area contributed by atoms with Gasteiger partial charge in [-0.3, -0.25) is 0 Å². The van der Waals surface area contributed by atoms with E-state index in [4.69, 9.17) is 4.74 Å². The molecule has 0 aromatic carbocycles. The van der Waals surface area contributed by atoms with E-state index in [2.05, 4.69) is 44.6 Å². The van der Waals surface area contributed by atoms with Crippen LogP contribution in [0.2, 0.25) is 0 Å². The zero-order chi connectivity index (χ0) is 15.7. The summed E-state index contributed by atoms with van der Waals surface area (Å²) in [5.74, 6) is 0.989. The molecule has 1 aromatic heterocycles. The van der Waals surface area contributed by atoms with Gasteiger partial charge in [-0.1, -0.05) is 65.7 Å². The molecule has 1 aromatic rings. The fourth-order valence-corrected chi connectivity index (χ4v) is 3.33. The smallest absolute Gasteiger partial charge is 0.136 e. The van der Waals surface area contributed by atoms with E-state index in [9.17, 15) is 0 Å². The molecule has 0 amide bonds. The molecule has 1 rings (SSSR count). The first kappa shape index (κ1) is 18.1. The minimum absolute atomic E-state index is 0.286. The van der Waals surface area contributed by atoms with Gasteiger partial charge in [-0.15, -0.1) is 0 Å². The van der Waals surface area contributed by atoms with Crippen LogP contribution in [-0.4, -0.2) is 11.7 Å². The summed E-state index contributed by atoms with van der Waals surface area (Å²) < 4.78 is 7.69. The van der Waals surface area contributed by atoms with Crippen molar-refractivity contribution in [3.05, 3.63) is 18.0 Å². The van der Waals surface area contributed by atoms with E-state index in [1.54, 1.807) is 7.11 Å². The standard InChI is InChI=1S/C19H35NO/c1-6-8-10-12-14-19(3,13-11-9-7-2)18-15-17(21-5)16-20(18)4/h15-16H,6-14H2,1-5H3. The monoisotopic (exact) mass is 293 g/mol. The number of rotatable bonds is 11. The molecule has 2 nitrogen and oxygen atoms in total. The number of hydrogen-bond donors (Lipinski definition) is 0. The van der Waals surface area contributed by atoms with E-state index in [0.717, 1.165) is 5.75 Å². The summed E-state index contributed by atoms with van der Waals surface area (Å²) in [5, 5.41) is 0. The second-order valence-corrected chi connectivity index (χ2v) is 6.70. The lowest BCUT2D eigenvalue weighted by Gasteiger charge is -2.31. The zero-order valence-corrected chi connectivity index (χ0v) is 14.9. The predicted molar refractivity (Wildman–Crippen MR) is 92.2 cm³/mol. The molecule has 0 aliphatic heterocycles. The summed E-state index contributed by atoms with van der Waals surface area (Å²) in [6.07, 6.45) is 14.0. The lowest BCUT2D eigenvalue weighted by molar-refractivity contribution is 0.348. The van der Waals surface area contributed by atoms with Crippen LogP contribution < -0.4 is 4.74 Å². The fraction of sp³-hybridized carbons (Fsp3) is 0.789. The molecule has 0 radical (unpaired) electrons. The topological polar surface area (TPSA) is 14.2 Å².